The maximum absolute atomic E-state index is 6.12. The normalized spacial score (nSPS) is 22.0. The monoisotopic (exact) mass is 309 g/mol. The zero-order chi connectivity index (χ0) is 13.8. The van der Waals surface area contributed by atoms with Crippen LogP contribution in [0.5, 0.6) is 5.75 Å². The van der Waals surface area contributed by atoms with Crippen molar-refractivity contribution in [3.8, 4) is 5.75 Å². The van der Waals surface area contributed by atoms with Crippen LogP contribution in [0, 0.1) is 0 Å². The molecule has 5 heteroatoms. The fourth-order valence-electron chi connectivity index (χ4n) is 2.92. The minimum atomic E-state index is 0. The SMILES string of the molecule is CCCNC1CCC(Oc2ccc3[nH]ncc3c2)CC1.Cl. The van der Waals surface area contributed by atoms with Crippen molar-refractivity contribution in [2.45, 2.75) is 51.2 Å². The molecule has 1 saturated carbocycles. The highest BCUT2D eigenvalue weighted by Crippen LogP contribution is 2.25. The first-order chi connectivity index (χ1) is 9.85. The lowest BCUT2D eigenvalue weighted by Gasteiger charge is -2.29. The zero-order valence-electron chi connectivity index (χ0n) is 12.5. The zero-order valence-corrected chi connectivity index (χ0v) is 13.3. The van der Waals surface area contributed by atoms with Gasteiger partial charge in [0, 0.05) is 11.4 Å². The van der Waals surface area contributed by atoms with Crippen LogP contribution in [-0.4, -0.2) is 28.9 Å². The average Bonchev–Trinajstić information content (AvgIpc) is 2.94. The molecule has 1 aromatic carbocycles. The van der Waals surface area contributed by atoms with Gasteiger partial charge in [-0.1, -0.05) is 6.92 Å². The fraction of sp³-hybridized carbons (Fsp3) is 0.562. The smallest absolute Gasteiger partial charge is 0.120 e. The van der Waals surface area contributed by atoms with Gasteiger partial charge in [0.1, 0.15) is 5.75 Å². The van der Waals surface area contributed by atoms with Crippen LogP contribution < -0.4 is 10.1 Å². The van der Waals surface area contributed by atoms with E-state index >= 15 is 0 Å². The van der Waals surface area contributed by atoms with E-state index in [9.17, 15) is 0 Å². The summed E-state index contributed by atoms with van der Waals surface area (Å²) in [7, 11) is 0. The van der Waals surface area contributed by atoms with E-state index in [1.807, 2.05) is 18.3 Å². The predicted molar refractivity (Wildman–Crippen MR) is 88.3 cm³/mol. The highest BCUT2D eigenvalue weighted by atomic mass is 35.5. The number of nitrogens with one attached hydrogen (secondary N) is 2. The number of H-pyrrole nitrogens is 1. The maximum Gasteiger partial charge on any atom is 0.120 e. The van der Waals surface area contributed by atoms with E-state index in [1.54, 1.807) is 0 Å². The summed E-state index contributed by atoms with van der Waals surface area (Å²) in [4.78, 5) is 0. The van der Waals surface area contributed by atoms with Crippen LogP contribution in [0.4, 0.5) is 0 Å². The summed E-state index contributed by atoms with van der Waals surface area (Å²) in [6.07, 6.45) is 8.14. The van der Waals surface area contributed by atoms with Crippen molar-refractivity contribution in [2.75, 3.05) is 6.54 Å². The van der Waals surface area contributed by atoms with E-state index in [0.29, 0.717) is 12.1 Å². The Morgan fingerprint density at radius 2 is 2.10 bits per heavy atom. The Hall–Kier alpha value is -1.26. The van der Waals surface area contributed by atoms with Gasteiger partial charge in [-0.2, -0.15) is 5.10 Å². The molecule has 21 heavy (non-hydrogen) atoms. The second-order valence-electron chi connectivity index (χ2n) is 5.66. The third kappa shape index (κ3) is 4.11. The Kier molecular flexibility index (Phi) is 5.88. The Balaban J connectivity index is 0.00000161. The third-order valence-corrected chi connectivity index (χ3v) is 4.07. The van der Waals surface area contributed by atoms with Crippen LogP contribution in [0.15, 0.2) is 24.4 Å². The first-order valence-electron chi connectivity index (χ1n) is 7.68. The van der Waals surface area contributed by atoms with Crippen LogP contribution in [0.1, 0.15) is 39.0 Å². The molecule has 1 aliphatic rings. The molecular weight excluding hydrogens is 286 g/mol. The van der Waals surface area contributed by atoms with E-state index in [-0.39, 0.29) is 12.4 Å². The highest BCUT2D eigenvalue weighted by Gasteiger charge is 2.21. The molecule has 1 heterocycles. The maximum atomic E-state index is 6.12. The molecule has 0 spiro atoms. The van der Waals surface area contributed by atoms with Crippen LogP contribution in [0.2, 0.25) is 0 Å². The van der Waals surface area contributed by atoms with Crippen LogP contribution in [0.3, 0.4) is 0 Å². The molecule has 4 nitrogen and oxygen atoms in total. The topological polar surface area (TPSA) is 49.9 Å². The first kappa shape index (κ1) is 16.1. The van der Waals surface area contributed by atoms with Gasteiger partial charge < -0.3 is 10.1 Å². The Morgan fingerprint density at radius 1 is 1.29 bits per heavy atom. The van der Waals surface area contributed by atoms with Crippen molar-refractivity contribution in [1.29, 1.82) is 0 Å². The van der Waals surface area contributed by atoms with Crippen molar-refractivity contribution in [2.24, 2.45) is 0 Å². The Morgan fingerprint density at radius 3 is 2.86 bits per heavy atom. The highest BCUT2D eigenvalue weighted by molar-refractivity contribution is 5.85. The largest absolute Gasteiger partial charge is 0.490 e. The van der Waals surface area contributed by atoms with Gasteiger partial charge in [0.15, 0.2) is 0 Å². The van der Waals surface area contributed by atoms with Gasteiger partial charge in [0.25, 0.3) is 0 Å². The Labute approximate surface area is 132 Å². The molecule has 0 bridgehead atoms. The molecule has 1 aromatic heterocycles. The standard InChI is InChI=1S/C16H23N3O.ClH/c1-2-9-17-13-3-5-14(6-4-13)20-15-7-8-16-12(10-15)11-18-19-16;/h7-8,10-11,13-14,17H,2-6,9H2,1H3,(H,18,19);1H. The van der Waals surface area contributed by atoms with Crippen molar-refractivity contribution < 1.29 is 4.74 Å². The lowest BCUT2D eigenvalue weighted by atomic mass is 9.93. The van der Waals surface area contributed by atoms with E-state index in [4.69, 9.17) is 4.74 Å². The van der Waals surface area contributed by atoms with Crippen molar-refractivity contribution in [3.05, 3.63) is 24.4 Å². The number of aromatic amines is 1. The molecule has 0 radical (unpaired) electrons. The lowest BCUT2D eigenvalue weighted by Crippen LogP contribution is -2.36. The molecule has 0 amide bonds. The van der Waals surface area contributed by atoms with E-state index in [2.05, 4.69) is 28.5 Å². The molecule has 116 valence electrons. The molecule has 2 N–H and O–H groups in total. The molecule has 3 rings (SSSR count). The minimum Gasteiger partial charge on any atom is -0.490 e. The average molecular weight is 310 g/mol. The number of rotatable bonds is 5. The number of benzene rings is 1. The van der Waals surface area contributed by atoms with Gasteiger partial charge in [-0.3, -0.25) is 5.10 Å². The molecule has 2 aromatic rings. The summed E-state index contributed by atoms with van der Waals surface area (Å²) in [6, 6.07) is 6.82. The second kappa shape index (κ2) is 7.66. The van der Waals surface area contributed by atoms with Gasteiger partial charge in [0.2, 0.25) is 0 Å². The number of halogens is 1. The van der Waals surface area contributed by atoms with Crippen LogP contribution in [-0.2, 0) is 0 Å². The van der Waals surface area contributed by atoms with Gasteiger partial charge in [-0.25, -0.2) is 0 Å². The minimum absolute atomic E-state index is 0. The van der Waals surface area contributed by atoms with Gasteiger partial charge in [-0.15, -0.1) is 12.4 Å². The van der Waals surface area contributed by atoms with Gasteiger partial charge in [-0.05, 0) is 56.8 Å². The first-order valence-corrected chi connectivity index (χ1v) is 7.68. The number of fused-ring (bicyclic) bond motifs is 1. The number of nitrogens with zero attached hydrogens (tertiary/aromatic N) is 1. The van der Waals surface area contributed by atoms with Crippen molar-refractivity contribution >= 4 is 23.3 Å². The summed E-state index contributed by atoms with van der Waals surface area (Å²) in [5, 5.41) is 11.7. The molecule has 1 aliphatic carbocycles. The Bertz CT molecular complexity index is 549. The fourth-order valence-corrected chi connectivity index (χ4v) is 2.92. The molecular formula is C16H24ClN3O. The number of aromatic nitrogens is 2. The quantitative estimate of drug-likeness (QED) is 0.886. The van der Waals surface area contributed by atoms with Crippen molar-refractivity contribution in [1.82, 2.24) is 15.5 Å². The van der Waals surface area contributed by atoms with E-state index in [1.165, 1.54) is 19.3 Å². The predicted octanol–water partition coefficient (Wildman–Crippen LogP) is 3.67. The summed E-state index contributed by atoms with van der Waals surface area (Å²) in [5.41, 5.74) is 1.06. The summed E-state index contributed by atoms with van der Waals surface area (Å²) in [6.45, 7) is 3.35. The van der Waals surface area contributed by atoms with Gasteiger partial charge >= 0.3 is 0 Å². The molecule has 0 atom stereocenters. The number of hydrogen-bond donors (Lipinski definition) is 2. The summed E-state index contributed by atoms with van der Waals surface area (Å²) >= 11 is 0. The molecule has 0 aliphatic heterocycles. The second-order valence-corrected chi connectivity index (χ2v) is 5.66. The third-order valence-electron chi connectivity index (χ3n) is 4.07. The summed E-state index contributed by atoms with van der Waals surface area (Å²) in [5.74, 6) is 0.962. The number of ether oxygens (including phenoxy) is 1. The van der Waals surface area contributed by atoms with Crippen LogP contribution in [0.25, 0.3) is 10.9 Å². The van der Waals surface area contributed by atoms with Crippen molar-refractivity contribution in [3.63, 3.8) is 0 Å². The lowest BCUT2D eigenvalue weighted by molar-refractivity contribution is 0.140. The van der Waals surface area contributed by atoms with Crippen LogP contribution >= 0.6 is 12.4 Å². The van der Waals surface area contributed by atoms with Gasteiger partial charge in [0.05, 0.1) is 17.8 Å². The molecule has 1 fully saturated rings. The van der Waals surface area contributed by atoms with E-state index < -0.39 is 0 Å². The van der Waals surface area contributed by atoms with E-state index in [0.717, 1.165) is 36.0 Å². The summed E-state index contributed by atoms with van der Waals surface area (Å²) < 4.78 is 6.12. The number of hydrogen-bond acceptors (Lipinski definition) is 3. The molecule has 0 unspecified atom stereocenters. The molecule has 0 saturated heterocycles.